The van der Waals surface area contributed by atoms with Gasteiger partial charge in [-0.1, -0.05) is 18.2 Å². The maximum absolute atomic E-state index is 13.1. The van der Waals surface area contributed by atoms with Gasteiger partial charge in [0.15, 0.2) is 0 Å². The van der Waals surface area contributed by atoms with Gasteiger partial charge >= 0.3 is 6.18 Å². The van der Waals surface area contributed by atoms with Crippen molar-refractivity contribution in [2.24, 2.45) is 0 Å². The van der Waals surface area contributed by atoms with E-state index in [1.165, 1.54) is 12.1 Å². The topological polar surface area (TPSA) is 62.0 Å². The second-order valence-electron chi connectivity index (χ2n) is 5.75. The van der Waals surface area contributed by atoms with Crippen LogP contribution >= 0.6 is 0 Å². The number of H-pyrrole nitrogens is 1. The predicted molar refractivity (Wildman–Crippen MR) is 90.0 cm³/mol. The molecule has 0 unspecified atom stereocenters. The van der Waals surface area contributed by atoms with Gasteiger partial charge in [-0.2, -0.15) is 13.2 Å². The van der Waals surface area contributed by atoms with Crippen LogP contribution in [0.5, 0.6) is 0 Å². The fourth-order valence-electron chi connectivity index (χ4n) is 2.84. The van der Waals surface area contributed by atoms with Crippen LogP contribution < -0.4 is 4.72 Å². The van der Waals surface area contributed by atoms with E-state index in [4.69, 9.17) is 0 Å². The Kier molecular flexibility index (Phi) is 4.03. The van der Waals surface area contributed by atoms with Gasteiger partial charge in [-0.25, -0.2) is 8.42 Å². The summed E-state index contributed by atoms with van der Waals surface area (Å²) in [6, 6.07) is 7.35. The van der Waals surface area contributed by atoms with Crippen LogP contribution in [0.3, 0.4) is 0 Å². The van der Waals surface area contributed by atoms with Crippen LogP contribution in [-0.2, 0) is 16.2 Å². The number of hydrogen-bond acceptors (Lipinski definition) is 2. The summed E-state index contributed by atoms with van der Waals surface area (Å²) in [6.07, 6.45) is -3.05. The first-order valence-electron chi connectivity index (χ1n) is 7.37. The van der Waals surface area contributed by atoms with E-state index in [1.807, 2.05) is 13.8 Å². The minimum atomic E-state index is -4.77. The highest BCUT2D eigenvalue weighted by Crippen LogP contribution is 2.35. The fraction of sp³-hybridized carbons (Fsp3) is 0.176. The van der Waals surface area contributed by atoms with Crippen molar-refractivity contribution in [3.05, 3.63) is 59.3 Å². The molecular formula is C17H15F3N2O2S. The maximum atomic E-state index is 13.1. The minimum Gasteiger partial charge on any atom is -0.359 e. The van der Waals surface area contributed by atoms with Gasteiger partial charge in [0, 0.05) is 11.6 Å². The molecule has 2 N–H and O–H groups in total. The first-order valence-corrected chi connectivity index (χ1v) is 8.86. The SMILES string of the molecule is Cc1ccc(NS(=O)(=O)c2ccccc2C(F)(F)F)c2[nH]cc(C)c12. The number of alkyl halides is 3. The summed E-state index contributed by atoms with van der Waals surface area (Å²) in [7, 11) is -4.41. The quantitative estimate of drug-likeness (QED) is 0.709. The molecule has 4 nitrogen and oxygen atoms in total. The molecule has 8 heteroatoms. The number of rotatable bonds is 3. The Balaban J connectivity index is 2.12. The van der Waals surface area contributed by atoms with Crippen molar-refractivity contribution in [3.63, 3.8) is 0 Å². The number of aryl methyl sites for hydroxylation is 2. The first-order chi connectivity index (χ1) is 11.6. The molecule has 0 spiro atoms. The van der Waals surface area contributed by atoms with E-state index in [9.17, 15) is 21.6 Å². The van der Waals surface area contributed by atoms with Crippen molar-refractivity contribution in [2.45, 2.75) is 24.9 Å². The Hall–Kier alpha value is -2.48. The summed E-state index contributed by atoms with van der Waals surface area (Å²) < 4.78 is 66.8. The Morgan fingerprint density at radius 3 is 2.36 bits per heavy atom. The van der Waals surface area contributed by atoms with Crippen LogP contribution in [0.2, 0.25) is 0 Å². The second-order valence-corrected chi connectivity index (χ2v) is 7.40. The highest BCUT2D eigenvalue weighted by atomic mass is 32.2. The van der Waals surface area contributed by atoms with Crippen LogP contribution in [0.25, 0.3) is 10.9 Å². The lowest BCUT2D eigenvalue weighted by Crippen LogP contribution is -2.19. The standard InChI is InChI=1S/C17H15F3N2O2S/c1-10-7-8-13(16-15(10)11(2)9-21-16)22-25(23,24)14-6-4-3-5-12(14)17(18,19)20/h3-9,21-22H,1-2H3. The Bertz CT molecular complexity index is 1050. The normalized spacial score (nSPS) is 12.5. The molecule has 0 amide bonds. The number of fused-ring (bicyclic) bond motifs is 1. The number of hydrogen-bond donors (Lipinski definition) is 2. The lowest BCUT2D eigenvalue weighted by molar-refractivity contribution is -0.139. The molecule has 0 saturated carbocycles. The van der Waals surface area contributed by atoms with Crippen molar-refractivity contribution in [3.8, 4) is 0 Å². The Morgan fingerprint density at radius 2 is 1.68 bits per heavy atom. The van der Waals surface area contributed by atoms with Crippen molar-refractivity contribution in [2.75, 3.05) is 4.72 Å². The van der Waals surface area contributed by atoms with Crippen LogP contribution in [0.1, 0.15) is 16.7 Å². The van der Waals surface area contributed by atoms with Crippen molar-refractivity contribution in [1.29, 1.82) is 0 Å². The zero-order valence-corrected chi connectivity index (χ0v) is 14.2. The average Bonchev–Trinajstić information content (AvgIpc) is 2.92. The van der Waals surface area contributed by atoms with Gasteiger partial charge in [-0.15, -0.1) is 0 Å². The first kappa shape index (κ1) is 17.3. The summed E-state index contributed by atoms with van der Waals surface area (Å²) in [6.45, 7) is 3.74. The molecule has 0 aliphatic heterocycles. The van der Waals surface area contributed by atoms with E-state index < -0.39 is 26.7 Å². The summed E-state index contributed by atoms with van der Waals surface area (Å²) in [4.78, 5) is 2.16. The van der Waals surface area contributed by atoms with E-state index in [0.29, 0.717) is 5.52 Å². The van der Waals surface area contributed by atoms with Gasteiger partial charge in [0.25, 0.3) is 10.0 Å². The van der Waals surface area contributed by atoms with Gasteiger partial charge in [0.2, 0.25) is 0 Å². The van der Waals surface area contributed by atoms with Crippen LogP contribution in [0.4, 0.5) is 18.9 Å². The molecule has 0 aliphatic rings. The van der Waals surface area contributed by atoms with E-state index in [1.54, 1.807) is 12.3 Å². The van der Waals surface area contributed by atoms with Crippen molar-refractivity contribution >= 4 is 26.6 Å². The van der Waals surface area contributed by atoms with Crippen LogP contribution in [0, 0.1) is 13.8 Å². The molecular weight excluding hydrogens is 353 g/mol. The maximum Gasteiger partial charge on any atom is 0.417 e. The van der Waals surface area contributed by atoms with Gasteiger partial charge in [-0.05, 0) is 43.2 Å². The zero-order chi connectivity index (χ0) is 18.4. The molecule has 3 aromatic rings. The molecule has 0 atom stereocenters. The number of nitrogens with one attached hydrogen (secondary N) is 2. The van der Waals surface area contributed by atoms with Crippen LogP contribution in [-0.4, -0.2) is 13.4 Å². The summed E-state index contributed by atoms with van der Waals surface area (Å²) in [5.74, 6) is 0. The van der Waals surface area contributed by atoms with Gasteiger partial charge in [0.05, 0.1) is 21.7 Å². The molecule has 1 heterocycles. The molecule has 2 aromatic carbocycles. The van der Waals surface area contributed by atoms with Crippen LogP contribution in [0.15, 0.2) is 47.5 Å². The van der Waals surface area contributed by atoms with E-state index in [0.717, 1.165) is 34.7 Å². The third-order valence-electron chi connectivity index (χ3n) is 3.97. The minimum absolute atomic E-state index is 0.200. The molecule has 1 aromatic heterocycles. The monoisotopic (exact) mass is 368 g/mol. The van der Waals surface area contributed by atoms with Gasteiger partial charge in [-0.3, -0.25) is 4.72 Å². The van der Waals surface area contributed by atoms with E-state index >= 15 is 0 Å². The number of anilines is 1. The molecule has 0 saturated heterocycles. The lowest BCUT2D eigenvalue weighted by Gasteiger charge is -2.15. The summed E-state index contributed by atoms with van der Waals surface area (Å²) >= 11 is 0. The number of aromatic amines is 1. The Morgan fingerprint density at radius 1 is 1.00 bits per heavy atom. The van der Waals surface area contributed by atoms with E-state index in [-0.39, 0.29) is 5.69 Å². The second kappa shape index (κ2) is 5.80. The highest BCUT2D eigenvalue weighted by molar-refractivity contribution is 7.92. The molecule has 25 heavy (non-hydrogen) atoms. The fourth-order valence-corrected chi connectivity index (χ4v) is 4.14. The smallest absolute Gasteiger partial charge is 0.359 e. The number of halogens is 3. The largest absolute Gasteiger partial charge is 0.417 e. The van der Waals surface area contributed by atoms with Gasteiger partial charge < -0.3 is 4.98 Å². The Labute approximate surface area is 142 Å². The molecule has 0 fully saturated rings. The van der Waals surface area contributed by atoms with Crippen molar-refractivity contribution < 1.29 is 21.6 Å². The summed E-state index contributed by atoms with van der Waals surface area (Å²) in [5.41, 5.74) is 1.39. The van der Waals surface area contributed by atoms with E-state index in [2.05, 4.69) is 9.71 Å². The third-order valence-corrected chi connectivity index (χ3v) is 5.39. The molecule has 0 aliphatic carbocycles. The lowest BCUT2D eigenvalue weighted by atomic mass is 10.1. The number of sulfonamides is 1. The van der Waals surface area contributed by atoms with Crippen molar-refractivity contribution in [1.82, 2.24) is 4.98 Å². The average molecular weight is 368 g/mol. The molecule has 0 bridgehead atoms. The zero-order valence-electron chi connectivity index (χ0n) is 13.4. The van der Waals surface area contributed by atoms with Gasteiger partial charge in [0.1, 0.15) is 0 Å². The summed E-state index contributed by atoms with van der Waals surface area (Å²) in [5, 5.41) is 0.837. The highest BCUT2D eigenvalue weighted by Gasteiger charge is 2.37. The predicted octanol–water partition coefficient (Wildman–Crippen LogP) is 4.60. The number of aromatic nitrogens is 1. The third kappa shape index (κ3) is 3.09. The molecule has 3 rings (SSSR count). The number of benzene rings is 2. The molecule has 0 radical (unpaired) electrons. The molecule has 132 valence electrons.